The van der Waals surface area contributed by atoms with Gasteiger partial charge >= 0.3 is 17.9 Å². The molecule has 7 heteroatoms. The average Bonchev–Trinajstić information content (AvgIpc) is 2.51. The number of nitrogens with zero attached hydrogens (tertiary/aromatic N) is 2. The van der Waals surface area contributed by atoms with Gasteiger partial charge in [0.05, 0.1) is 6.61 Å². The summed E-state index contributed by atoms with van der Waals surface area (Å²) in [5.41, 5.74) is 0.622. The third kappa shape index (κ3) is 3.80. The molecule has 0 bridgehead atoms. The van der Waals surface area contributed by atoms with Gasteiger partial charge in [-0.1, -0.05) is 6.07 Å². The normalized spacial score (nSPS) is 11.2. The van der Waals surface area contributed by atoms with Crippen molar-refractivity contribution in [2.24, 2.45) is 0 Å². The Morgan fingerprint density at radius 2 is 1.87 bits per heavy atom. The number of carbonyl (C=O) groups is 1. The first-order chi connectivity index (χ1) is 10.8. The second-order valence-electron chi connectivity index (χ2n) is 4.92. The summed E-state index contributed by atoms with van der Waals surface area (Å²) in [6.45, 7) is 4.64. The quantitative estimate of drug-likeness (QED) is 0.788. The number of halogens is 2. The molecule has 0 fully saturated rings. The molecule has 2 aromatic rings. The van der Waals surface area contributed by atoms with Gasteiger partial charge in [-0.2, -0.15) is 8.78 Å². The van der Waals surface area contributed by atoms with Crippen molar-refractivity contribution in [2.45, 2.75) is 26.7 Å². The molecule has 2 rings (SSSR count). The highest BCUT2D eigenvalue weighted by molar-refractivity contribution is 5.80. The molecule has 0 N–H and O–H groups in total. The number of aryl methyl sites for hydroxylation is 2. The Morgan fingerprint density at radius 3 is 2.48 bits per heavy atom. The molecule has 0 aliphatic rings. The van der Waals surface area contributed by atoms with Gasteiger partial charge in [0.25, 0.3) is 0 Å². The van der Waals surface area contributed by atoms with Crippen molar-refractivity contribution in [1.82, 2.24) is 9.97 Å². The highest BCUT2D eigenvalue weighted by atomic mass is 19.3. The van der Waals surface area contributed by atoms with Crippen LogP contribution in [0.15, 0.2) is 30.6 Å². The van der Waals surface area contributed by atoms with Crippen molar-refractivity contribution in [3.05, 3.63) is 47.3 Å². The Kier molecular flexibility index (Phi) is 4.88. The Hall–Kier alpha value is -2.57. The highest BCUT2D eigenvalue weighted by Crippen LogP contribution is 2.35. The Bertz CT molecular complexity index is 703. The van der Waals surface area contributed by atoms with Gasteiger partial charge in [-0.3, -0.25) is 0 Å². The van der Waals surface area contributed by atoms with Gasteiger partial charge in [0.15, 0.2) is 0 Å². The topological polar surface area (TPSA) is 61.3 Å². The summed E-state index contributed by atoms with van der Waals surface area (Å²) in [5, 5.41) is 0. The second-order valence-corrected chi connectivity index (χ2v) is 4.92. The largest absolute Gasteiger partial charge is 0.461 e. The number of benzene rings is 1. The number of alkyl halides is 2. The minimum absolute atomic E-state index is 0.0323. The van der Waals surface area contributed by atoms with Gasteiger partial charge in [-0.25, -0.2) is 14.8 Å². The van der Waals surface area contributed by atoms with Crippen molar-refractivity contribution >= 4 is 5.97 Å². The number of hydrogen-bond acceptors (Lipinski definition) is 5. The molecule has 0 radical (unpaired) electrons. The van der Waals surface area contributed by atoms with Crippen LogP contribution < -0.4 is 4.74 Å². The molecule has 0 saturated heterocycles. The minimum Gasteiger partial charge on any atom is -0.461 e. The maximum Gasteiger partial charge on any atom is 0.381 e. The lowest BCUT2D eigenvalue weighted by atomic mass is 10.0. The molecule has 0 saturated carbocycles. The number of carbonyl (C=O) groups excluding carboxylic acids is 1. The molecule has 1 aromatic carbocycles. The second kappa shape index (κ2) is 6.68. The predicted molar refractivity (Wildman–Crippen MR) is 78.5 cm³/mol. The van der Waals surface area contributed by atoms with E-state index in [1.54, 1.807) is 12.4 Å². The van der Waals surface area contributed by atoms with Gasteiger partial charge in [0, 0.05) is 18.0 Å². The fourth-order valence-corrected chi connectivity index (χ4v) is 1.87. The van der Waals surface area contributed by atoms with Crippen LogP contribution in [-0.2, 0) is 15.5 Å². The van der Waals surface area contributed by atoms with E-state index in [-0.39, 0.29) is 23.9 Å². The number of aromatic nitrogens is 2. The predicted octanol–water partition coefficient (Wildman–Crippen LogP) is 3.54. The molecule has 5 nitrogen and oxygen atoms in total. The third-order valence-electron chi connectivity index (χ3n) is 3.05. The van der Waals surface area contributed by atoms with E-state index in [0.717, 1.165) is 11.6 Å². The first-order valence-electron chi connectivity index (χ1n) is 6.97. The van der Waals surface area contributed by atoms with Crippen LogP contribution in [0.1, 0.15) is 23.6 Å². The van der Waals surface area contributed by atoms with Crippen molar-refractivity contribution in [3.8, 4) is 11.8 Å². The Balaban J connectivity index is 2.31. The Morgan fingerprint density at radius 1 is 1.22 bits per heavy atom. The van der Waals surface area contributed by atoms with Crippen LogP contribution in [-0.4, -0.2) is 22.5 Å². The van der Waals surface area contributed by atoms with E-state index in [1.807, 2.05) is 6.92 Å². The Labute approximate surface area is 132 Å². The van der Waals surface area contributed by atoms with Gasteiger partial charge in [-0.05, 0) is 44.0 Å². The van der Waals surface area contributed by atoms with Gasteiger partial charge in [-0.15, -0.1) is 0 Å². The lowest BCUT2D eigenvalue weighted by Crippen LogP contribution is -2.29. The summed E-state index contributed by atoms with van der Waals surface area (Å²) in [6, 6.07) is 4.06. The number of ether oxygens (including phenoxy) is 2. The molecule has 0 amide bonds. The number of rotatable bonds is 5. The average molecular weight is 322 g/mol. The van der Waals surface area contributed by atoms with Crippen molar-refractivity contribution in [1.29, 1.82) is 0 Å². The van der Waals surface area contributed by atoms with Crippen LogP contribution in [0.25, 0.3) is 0 Å². The number of hydrogen-bond donors (Lipinski definition) is 0. The summed E-state index contributed by atoms with van der Waals surface area (Å²) in [4.78, 5) is 19.4. The van der Waals surface area contributed by atoms with Crippen LogP contribution in [0.3, 0.4) is 0 Å². The van der Waals surface area contributed by atoms with Gasteiger partial charge in [0.1, 0.15) is 5.75 Å². The van der Waals surface area contributed by atoms with E-state index in [9.17, 15) is 13.6 Å². The van der Waals surface area contributed by atoms with Gasteiger partial charge in [0.2, 0.25) is 0 Å². The maximum atomic E-state index is 14.2. The number of esters is 1. The lowest BCUT2D eigenvalue weighted by molar-refractivity contribution is -0.173. The molecule has 23 heavy (non-hydrogen) atoms. The molecule has 0 aliphatic heterocycles. The fraction of sp³-hybridized carbons (Fsp3) is 0.312. The molecule has 0 spiro atoms. The van der Waals surface area contributed by atoms with E-state index in [4.69, 9.17) is 4.74 Å². The van der Waals surface area contributed by atoms with Crippen LogP contribution in [0.2, 0.25) is 0 Å². The molecule has 0 unspecified atom stereocenters. The molecular formula is C16H16F2N2O3. The molecule has 1 heterocycles. The molecule has 0 atom stereocenters. The molecule has 0 aliphatic carbocycles. The van der Waals surface area contributed by atoms with E-state index >= 15 is 0 Å². The standard InChI is InChI=1S/C16H16F2N2O3/c1-4-22-14(21)16(17,18)13-7-12(6-5-11(13)3)23-15-19-8-10(2)9-20-15/h5-9H,4H2,1-3H3. The van der Waals surface area contributed by atoms with E-state index < -0.39 is 17.5 Å². The first-order valence-corrected chi connectivity index (χ1v) is 6.97. The van der Waals surface area contributed by atoms with Crippen LogP contribution >= 0.6 is 0 Å². The van der Waals surface area contributed by atoms with Crippen molar-refractivity contribution in [2.75, 3.05) is 6.61 Å². The maximum absolute atomic E-state index is 14.2. The highest BCUT2D eigenvalue weighted by Gasteiger charge is 2.44. The van der Waals surface area contributed by atoms with Crippen LogP contribution in [0.5, 0.6) is 11.8 Å². The molecule has 122 valence electrons. The summed E-state index contributed by atoms with van der Waals surface area (Å²) < 4.78 is 38.2. The summed E-state index contributed by atoms with van der Waals surface area (Å²) in [6.07, 6.45) is 3.09. The summed E-state index contributed by atoms with van der Waals surface area (Å²) in [5.74, 6) is -5.24. The third-order valence-corrected chi connectivity index (χ3v) is 3.05. The smallest absolute Gasteiger partial charge is 0.381 e. The van der Waals surface area contributed by atoms with Crippen LogP contribution in [0.4, 0.5) is 8.78 Å². The van der Waals surface area contributed by atoms with Crippen molar-refractivity contribution < 1.29 is 23.0 Å². The zero-order valence-corrected chi connectivity index (χ0v) is 13.0. The van der Waals surface area contributed by atoms with E-state index in [0.29, 0.717) is 0 Å². The summed E-state index contributed by atoms with van der Waals surface area (Å²) >= 11 is 0. The monoisotopic (exact) mass is 322 g/mol. The van der Waals surface area contributed by atoms with Crippen LogP contribution in [0, 0.1) is 13.8 Å². The van der Waals surface area contributed by atoms with Gasteiger partial charge < -0.3 is 9.47 Å². The lowest BCUT2D eigenvalue weighted by Gasteiger charge is -2.18. The first kappa shape index (κ1) is 16.8. The fourth-order valence-electron chi connectivity index (χ4n) is 1.87. The zero-order valence-electron chi connectivity index (χ0n) is 13.0. The molecular weight excluding hydrogens is 306 g/mol. The van der Waals surface area contributed by atoms with Crippen molar-refractivity contribution in [3.63, 3.8) is 0 Å². The zero-order chi connectivity index (χ0) is 17.0. The summed E-state index contributed by atoms with van der Waals surface area (Å²) in [7, 11) is 0. The minimum atomic E-state index is -3.76. The van der Waals surface area contributed by atoms with E-state index in [1.165, 1.54) is 26.0 Å². The molecule has 1 aromatic heterocycles. The van der Waals surface area contributed by atoms with E-state index in [2.05, 4.69) is 14.7 Å². The SMILES string of the molecule is CCOC(=O)C(F)(F)c1cc(Oc2ncc(C)cn2)ccc1C.